The number of piperidine rings is 1. The van der Waals surface area contributed by atoms with Gasteiger partial charge in [-0.05, 0) is 32.4 Å². The van der Waals surface area contributed by atoms with Gasteiger partial charge in [0, 0.05) is 32.2 Å². The van der Waals surface area contributed by atoms with E-state index in [0.29, 0.717) is 6.04 Å². The highest BCUT2D eigenvalue weighted by atomic mass is 16.4. The molecule has 0 spiro atoms. The third-order valence-electron chi connectivity index (χ3n) is 5.13. The predicted octanol–water partition coefficient (Wildman–Crippen LogP) is 0.363. The Bertz CT molecular complexity index is 338. The zero-order chi connectivity index (χ0) is 13.3. The van der Waals surface area contributed by atoms with Crippen LogP contribution in [0.3, 0.4) is 0 Å². The number of carboxylic acids is 1. The number of carboxylic acid groups (broad SMARTS) is 1. The van der Waals surface area contributed by atoms with Gasteiger partial charge >= 0.3 is 5.97 Å². The first-order valence-electron chi connectivity index (χ1n) is 7.61. The molecular formula is C14H25N3O2. The van der Waals surface area contributed by atoms with Crippen molar-refractivity contribution in [2.75, 3.05) is 39.3 Å². The second-order valence-corrected chi connectivity index (χ2v) is 6.38. The van der Waals surface area contributed by atoms with Crippen LogP contribution in [-0.2, 0) is 4.79 Å². The minimum atomic E-state index is -0.664. The average Bonchev–Trinajstić information content (AvgIpc) is 2.84. The quantitative estimate of drug-likeness (QED) is 0.770. The minimum absolute atomic E-state index is 0.101. The van der Waals surface area contributed by atoms with Crippen LogP contribution in [0.4, 0.5) is 0 Å². The Morgan fingerprint density at radius 1 is 1.21 bits per heavy atom. The standard InChI is InChI=1S/C14H25N3O2/c18-13(19)8-14(10-15-11-14)17-7-4-12(9-17)16-5-2-1-3-6-16/h12,15H,1-11H2,(H,18,19). The maximum Gasteiger partial charge on any atom is 0.305 e. The van der Waals surface area contributed by atoms with Gasteiger partial charge in [0.2, 0.25) is 0 Å². The summed E-state index contributed by atoms with van der Waals surface area (Å²) in [7, 11) is 0. The summed E-state index contributed by atoms with van der Waals surface area (Å²) in [6.07, 6.45) is 5.53. The fourth-order valence-electron chi connectivity index (χ4n) is 3.91. The van der Waals surface area contributed by atoms with Crippen molar-refractivity contribution in [2.24, 2.45) is 0 Å². The number of carbonyl (C=O) groups is 1. The first-order valence-corrected chi connectivity index (χ1v) is 7.61. The molecule has 5 nitrogen and oxygen atoms in total. The summed E-state index contributed by atoms with van der Waals surface area (Å²) in [6.45, 7) is 6.29. The third kappa shape index (κ3) is 2.64. The van der Waals surface area contributed by atoms with Crippen LogP contribution in [0.25, 0.3) is 0 Å². The van der Waals surface area contributed by atoms with E-state index < -0.39 is 5.97 Å². The van der Waals surface area contributed by atoms with Crippen molar-refractivity contribution in [3.63, 3.8) is 0 Å². The number of hydrogen-bond donors (Lipinski definition) is 2. The Morgan fingerprint density at radius 2 is 1.95 bits per heavy atom. The van der Waals surface area contributed by atoms with Crippen molar-refractivity contribution in [1.29, 1.82) is 0 Å². The van der Waals surface area contributed by atoms with Gasteiger partial charge in [-0.3, -0.25) is 14.6 Å². The highest BCUT2D eigenvalue weighted by Crippen LogP contribution is 2.31. The van der Waals surface area contributed by atoms with Crippen LogP contribution in [0.5, 0.6) is 0 Å². The van der Waals surface area contributed by atoms with Crippen LogP contribution < -0.4 is 5.32 Å². The van der Waals surface area contributed by atoms with Gasteiger partial charge in [0.05, 0.1) is 12.0 Å². The Kier molecular flexibility index (Phi) is 3.78. The van der Waals surface area contributed by atoms with Crippen LogP contribution in [-0.4, -0.2) is 71.7 Å². The van der Waals surface area contributed by atoms with Gasteiger partial charge < -0.3 is 10.4 Å². The summed E-state index contributed by atoms with van der Waals surface area (Å²) in [5.41, 5.74) is -0.101. The van der Waals surface area contributed by atoms with Crippen LogP contribution in [0.2, 0.25) is 0 Å². The first kappa shape index (κ1) is 13.3. The molecule has 0 saturated carbocycles. The number of hydrogen-bond acceptors (Lipinski definition) is 4. The molecule has 0 aromatic rings. The molecule has 3 fully saturated rings. The van der Waals surface area contributed by atoms with E-state index in [0.717, 1.165) is 26.2 Å². The molecule has 3 heterocycles. The monoisotopic (exact) mass is 267 g/mol. The molecular weight excluding hydrogens is 242 g/mol. The van der Waals surface area contributed by atoms with Crippen LogP contribution in [0.1, 0.15) is 32.1 Å². The van der Waals surface area contributed by atoms with E-state index >= 15 is 0 Å². The molecule has 108 valence electrons. The lowest BCUT2D eigenvalue weighted by Crippen LogP contribution is -2.69. The molecule has 0 aromatic heterocycles. The molecule has 1 atom stereocenters. The molecule has 19 heavy (non-hydrogen) atoms. The van der Waals surface area contributed by atoms with Gasteiger partial charge in [-0.1, -0.05) is 6.42 Å². The van der Waals surface area contributed by atoms with Gasteiger partial charge in [-0.15, -0.1) is 0 Å². The summed E-state index contributed by atoms with van der Waals surface area (Å²) >= 11 is 0. The highest BCUT2D eigenvalue weighted by Gasteiger charge is 2.47. The maximum atomic E-state index is 11.1. The van der Waals surface area contributed by atoms with Crippen molar-refractivity contribution in [1.82, 2.24) is 15.1 Å². The van der Waals surface area contributed by atoms with Gasteiger partial charge in [0.25, 0.3) is 0 Å². The molecule has 0 radical (unpaired) electrons. The smallest absolute Gasteiger partial charge is 0.305 e. The Hall–Kier alpha value is -0.650. The summed E-state index contributed by atoms with van der Waals surface area (Å²) in [4.78, 5) is 16.2. The molecule has 3 saturated heterocycles. The summed E-state index contributed by atoms with van der Waals surface area (Å²) in [5.74, 6) is -0.664. The number of rotatable bonds is 4. The maximum absolute atomic E-state index is 11.1. The van der Waals surface area contributed by atoms with Crippen LogP contribution in [0, 0.1) is 0 Å². The minimum Gasteiger partial charge on any atom is -0.481 e. The van der Waals surface area contributed by atoms with Gasteiger partial charge in [0.15, 0.2) is 0 Å². The number of nitrogens with one attached hydrogen (secondary N) is 1. The Labute approximate surface area is 114 Å². The number of aliphatic carboxylic acids is 1. The van der Waals surface area contributed by atoms with E-state index in [4.69, 9.17) is 5.11 Å². The van der Waals surface area contributed by atoms with Crippen molar-refractivity contribution in [3.8, 4) is 0 Å². The molecule has 3 rings (SSSR count). The van der Waals surface area contributed by atoms with Crippen molar-refractivity contribution in [2.45, 2.75) is 43.7 Å². The summed E-state index contributed by atoms with van der Waals surface area (Å²) in [6, 6.07) is 0.659. The number of likely N-dealkylation sites (tertiary alicyclic amines) is 2. The zero-order valence-corrected chi connectivity index (χ0v) is 11.6. The largest absolute Gasteiger partial charge is 0.481 e. The van der Waals surface area contributed by atoms with Crippen LogP contribution >= 0.6 is 0 Å². The topological polar surface area (TPSA) is 55.8 Å². The van der Waals surface area contributed by atoms with Crippen molar-refractivity contribution >= 4 is 5.97 Å². The second kappa shape index (κ2) is 5.38. The fraction of sp³-hybridized carbons (Fsp3) is 0.929. The second-order valence-electron chi connectivity index (χ2n) is 6.38. The zero-order valence-electron chi connectivity index (χ0n) is 11.6. The van der Waals surface area contributed by atoms with Crippen molar-refractivity contribution < 1.29 is 9.90 Å². The lowest BCUT2D eigenvalue weighted by molar-refractivity contribution is -0.141. The van der Waals surface area contributed by atoms with E-state index in [9.17, 15) is 4.79 Å². The van der Waals surface area contributed by atoms with Gasteiger partial charge in [-0.25, -0.2) is 0 Å². The van der Waals surface area contributed by atoms with Crippen LogP contribution in [0.15, 0.2) is 0 Å². The normalized spacial score (nSPS) is 32.1. The molecule has 0 amide bonds. The Balaban J connectivity index is 1.59. The van der Waals surface area contributed by atoms with E-state index in [2.05, 4.69) is 15.1 Å². The lowest BCUT2D eigenvalue weighted by atomic mass is 9.86. The molecule has 1 unspecified atom stereocenters. The number of nitrogens with zero attached hydrogens (tertiary/aromatic N) is 2. The van der Waals surface area contributed by atoms with Gasteiger partial charge in [-0.2, -0.15) is 0 Å². The Morgan fingerprint density at radius 3 is 2.53 bits per heavy atom. The van der Waals surface area contributed by atoms with E-state index in [1.165, 1.54) is 38.8 Å². The molecule has 3 aliphatic heterocycles. The molecule has 5 heteroatoms. The molecule has 0 bridgehead atoms. The molecule has 0 aromatic carbocycles. The summed E-state index contributed by atoms with van der Waals surface area (Å²) < 4.78 is 0. The van der Waals surface area contributed by atoms with Gasteiger partial charge in [0.1, 0.15) is 0 Å². The highest BCUT2D eigenvalue weighted by molar-refractivity contribution is 5.69. The van der Waals surface area contributed by atoms with E-state index in [1.54, 1.807) is 0 Å². The summed E-state index contributed by atoms with van der Waals surface area (Å²) in [5, 5.41) is 12.4. The molecule has 2 N–H and O–H groups in total. The molecule has 3 aliphatic rings. The third-order valence-corrected chi connectivity index (χ3v) is 5.13. The fourth-order valence-corrected chi connectivity index (χ4v) is 3.91. The predicted molar refractivity (Wildman–Crippen MR) is 73.3 cm³/mol. The average molecular weight is 267 g/mol. The van der Waals surface area contributed by atoms with E-state index in [-0.39, 0.29) is 12.0 Å². The molecule has 0 aliphatic carbocycles. The SMILES string of the molecule is O=C(O)CC1(N2CCC(N3CCCCC3)C2)CNC1. The van der Waals surface area contributed by atoms with E-state index in [1.807, 2.05) is 0 Å². The first-order chi connectivity index (χ1) is 9.20. The lowest BCUT2D eigenvalue weighted by Gasteiger charge is -2.49. The van der Waals surface area contributed by atoms with Crippen molar-refractivity contribution in [3.05, 3.63) is 0 Å².